The number of nitrogens with one attached hydrogen (secondary N) is 1. The van der Waals surface area contributed by atoms with Crippen LogP contribution in [0.2, 0.25) is 5.02 Å². The summed E-state index contributed by atoms with van der Waals surface area (Å²) in [5.41, 5.74) is 5.29. The topological polar surface area (TPSA) is 94.8 Å². The minimum atomic E-state index is -0.438. The number of phenolic OH excluding ortho intramolecular Hbond substituents is 2. The van der Waals surface area contributed by atoms with Crippen molar-refractivity contribution in [3.63, 3.8) is 0 Å². The van der Waals surface area contributed by atoms with E-state index in [4.69, 9.17) is 11.6 Å². The molecule has 0 bridgehead atoms. The first kappa shape index (κ1) is 22.3. The molecule has 4 aromatic rings. The Morgan fingerprint density at radius 1 is 1.03 bits per heavy atom. The van der Waals surface area contributed by atoms with Gasteiger partial charge in [0.25, 0.3) is 5.91 Å². The van der Waals surface area contributed by atoms with Crippen LogP contribution in [-0.4, -0.2) is 27.3 Å². The number of para-hydroxylation sites is 1. The molecule has 4 rings (SSSR count). The van der Waals surface area contributed by atoms with Crippen LogP contribution < -0.4 is 5.43 Å². The van der Waals surface area contributed by atoms with E-state index in [0.717, 1.165) is 5.56 Å². The number of carbonyl (C=O) groups is 1. The first-order valence-corrected chi connectivity index (χ1v) is 11.2. The maximum Gasteiger partial charge on any atom is 0.272 e. The molecule has 0 radical (unpaired) electrons. The van der Waals surface area contributed by atoms with Crippen molar-refractivity contribution in [3.05, 3.63) is 85.8 Å². The van der Waals surface area contributed by atoms with Gasteiger partial charge in [-0.3, -0.25) is 4.79 Å². The van der Waals surface area contributed by atoms with Gasteiger partial charge in [-0.25, -0.2) is 10.4 Å². The predicted octanol–water partition coefficient (Wildman–Crippen LogP) is 6.26. The van der Waals surface area contributed by atoms with E-state index in [0.29, 0.717) is 37.2 Å². The zero-order valence-corrected chi connectivity index (χ0v) is 20.1. The molecule has 1 heterocycles. The van der Waals surface area contributed by atoms with Gasteiger partial charge in [0, 0.05) is 21.5 Å². The van der Waals surface area contributed by atoms with Crippen molar-refractivity contribution in [2.45, 2.75) is 0 Å². The molecule has 0 unspecified atom stereocenters. The van der Waals surface area contributed by atoms with E-state index in [-0.39, 0.29) is 16.0 Å². The number of hydrogen-bond acceptors (Lipinski definition) is 5. The molecule has 32 heavy (non-hydrogen) atoms. The molecule has 0 saturated carbocycles. The number of rotatable bonds is 4. The average molecular weight is 576 g/mol. The maximum atomic E-state index is 13.0. The molecular weight excluding hydrogens is 562 g/mol. The summed E-state index contributed by atoms with van der Waals surface area (Å²) in [5, 5.41) is 25.2. The van der Waals surface area contributed by atoms with Crippen LogP contribution in [0.5, 0.6) is 11.5 Å². The number of halogens is 3. The molecule has 0 aliphatic heterocycles. The summed E-state index contributed by atoms with van der Waals surface area (Å²) in [6, 6.07) is 17.7. The number of fused-ring (bicyclic) bond motifs is 1. The number of nitrogens with zero attached hydrogens (tertiary/aromatic N) is 2. The van der Waals surface area contributed by atoms with E-state index >= 15 is 0 Å². The second-order valence-corrected chi connectivity index (χ2v) is 8.82. The molecule has 0 saturated heterocycles. The van der Waals surface area contributed by atoms with Gasteiger partial charge in [0.05, 0.1) is 27.5 Å². The summed E-state index contributed by atoms with van der Waals surface area (Å²) in [6.45, 7) is 0. The van der Waals surface area contributed by atoms with Gasteiger partial charge in [0.1, 0.15) is 16.0 Å². The van der Waals surface area contributed by atoms with Gasteiger partial charge in [-0.05, 0) is 62.2 Å². The molecule has 9 heteroatoms. The zero-order chi connectivity index (χ0) is 22.8. The summed E-state index contributed by atoms with van der Waals surface area (Å²) in [7, 11) is 0. The number of hydrogen-bond donors (Lipinski definition) is 3. The number of amides is 1. The van der Waals surface area contributed by atoms with Crippen LogP contribution in [-0.2, 0) is 0 Å². The third-order valence-electron chi connectivity index (χ3n) is 4.67. The zero-order valence-electron chi connectivity index (χ0n) is 16.2. The van der Waals surface area contributed by atoms with Gasteiger partial charge < -0.3 is 10.2 Å². The lowest BCUT2D eigenvalue weighted by atomic mass is 10.0. The maximum absolute atomic E-state index is 13.0. The van der Waals surface area contributed by atoms with E-state index in [9.17, 15) is 15.0 Å². The highest BCUT2D eigenvalue weighted by molar-refractivity contribution is 9.11. The largest absolute Gasteiger partial charge is 0.506 e. The van der Waals surface area contributed by atoms with Crippen molar-refractivity contribution in [2.24, 2.45) is 5.10 Å². The Kier molecular flexibility index (Phi) is 6.45. The first-order chi connectivity index (χ1) is 15.3. The van der Waals surface area contributed by atoms with Crippen molar-refractivity contribution in [1.29, 1.82) is 0 Å². The lowest BCUT2D eigenvalue weighted by Crippen LogP contribution is -2.18. The fraction of sp³-hybridized carbons (Fsp3) is 0. The molecule has 3 N–H and O–H groups in total. The van der Waals surface area contributed by atoms with Gasteiger partial charge in [0.15, 0.2) is 0 Å². The molecule has 0 spiro atoms. The van der Waals surface area contributed by atoms with Crippen LogP contribution in [0.25, 0.3) is 22.2 Å². The van der Waals surface area contributed by atoms with Crippen molar-refractivity contribution in [3.8, 4) is 22.8 Å². The van der Waals surface area contributed by atoms with Crippen LogP contribution >= 0.6 is 43.5 Å². The molecule has 160 valence electrons. The molecule has 1 aromatic heterocycles. The van der Waals surface area contributed by atoms with Crippen LogP contribution in [0.15, 0.2) is 74.7 Å². The molecular formula is C23H14Br2ClN3O3. The second kappa shape index (κ2) is 9.28. The summed E-state index contributed by atoms with van der Waals surface area (Å²) >= 11 is 12.3. The first-order valence-electron chi connectivity index (χ1n) is 9.24. The van der Waals surface area contributed by atoms with Gasteiger partial charge in [-0.15, -0.1) is 0 Å². The minimum Gasteiger partial charge on any atom is -0.506 e. The predicted molar refractivity (Wildman–Crippen MR) is 132 cm³/mol. The van der Waals surface area contributed by atoms with Gasteiger partial charge in [0.2, 0.25) is 0 Å². The van der Waals surface area contributed by atoms with Crippen molar-refractivity contribution in [1.82, 2.24) is 10.4 Å². The lowest BCUT2D eigenvalue weighted by molar-refractivity contribution is 0.0956. The number of carbonyl (C=O) groups excluding carboxylic acids is 1. The Hall–Kier alpha value is -2.94. The Labute approximate surface area is 204 Å². The summed E-state index contributed by atoms with van der Waals surface area (Å²) in [5.74, 6) is -0.781. The monoisotopic (exact) mass is 573 g/mol. The van der Waals surface area contributed by atoms with Crippen LogP contribution in [0.1, 0.15) is 15.9 Å². The van der Waals surface area contributed by atoms with Gasteiger partial charge in [-0.1, -0.05) is 41.9 Å². The van der Waals surface area contributed by atoms with E-state index in [2.05, 4.69) is 47.4 Å². The van der Waals surface area contributed by atoms with E-state index in [1.165, 1.54) is 12.3 Å². The lowest BCUT2D eigenvalue weighted by Gasteiger charge is -2.09. The third kappa shape index (κ3) is 4.48. The Bertz CT molecular complexity index is 1380. The quantitative estimate of drug-likeness (QED) is 0.198. The number of pyridine rings is 1. The fourth-order valence-corrected chi connectivity index (χ4v) is 4.35. The van der Waals surface area contributed by atoms with Crippen LogP contribution in [0, 0.1) is 0 Å². The second-order valence-electron chi connectivity index (χ2n) is 6.74. The average Bonchev–Trinajstić information content (AvgIpc) is 2.80. The molecule has 0 fully saturated rings. The molecule has 6 nitrogen and oxygen atoms in total. The SMILES string of the molecule is O=C(NN=Cc1cc(Br)c(O)c(Br)c1O)c1cc(-c2ccc(Cl)cc2)nc2ccccc12. The highest BCUT2D eigenvalue weighted by Gasteiger charge is 2.15. The van der Waals surface area contributed by atoms with Gasteiger partial charge in [-0.2, -0.15) is 5.10 Å². The fourth-order valence-electron chi connectivity index (χ4n) is 3.07. The molecule has 0 aliphatic rings. The number of aromatic nitrogens is 1. The van der Waals surface area contributed by atoms with Crippen molar-refractivity contribution in [2.75, 3.05) is 0 Å². The summed E-state index contributed by atoms with van der Waals surface area (Å²) < 4.78 is 0.482. The highest BCUT2D eigenvalue weighted by Crippen LogP contribution is 2.40. The van der Waals surface area contributed by atoms with Gasteiger partial charge >= 0.3 is 0 Å². The summed E-state index contributed by atoms with van der Waals surface area (Å²) in [6.07, 6.45) is 1.28. The number of aromatic hydroxyl groups is 2. The molecule has 0 atom stereocenters. The highest BCUT2D eigenvalue weighted by atomic mass is 79.9. The number of hydrazone groups is 1. The Morgan fingerprint density at radius 3 is 2.50 bits per heavy atom. The Balaban J connectivity index is 1.68. The van der Waals surface area contributed by atoms with Crippen molar-refractivity contribution >= 4 is 66.5 Å². The van der Waals surface area contributed by atoms with Crippen LogP contribution in [0.4, 0.5) is 0 Å². The standard InChI is InChI=1S/C23H14Br2ClN3O3/c24-17-9-13(21(30)20(25)22(17)31)11-27-29-23(32)16-10-19(12-5-7-14(26)8-6-12)28-18-4-2-1-3-15(16)18/h1-11,30-31H,(H,29,32). The smallest absolute Gasteiger partial charge is 0.272 e. The van der Waals surface area contributed by atoms with E-state index in [1.807, 2.05) is 36.4 Å². The number of benzene rings is 3. The van der Waals surface area contributed by atoms with Crippen molar-refractivity contribution < 1.29 is 15.0 Å². The Morgan fingerprint density at radius 2 is 1.75 bits per heavy atom. The molecule has 3 aromatic carbocycles. The molecule has 0 aliphatic carbocycles. The summed E-state index contributed by atoms with van der Waals surface area (Å²) in [4.78, 5) is 17.6. The minimum absolute atomic E-state index is 0.118. The van der Waals surface area contributed by atoms with E-state index < -0.39 is 5.91 Å². The third-order valence-corrected chi connectivity index (χ3v) is 6.28. The number of phenols is 2. The normalized spacial score (nSPS) is 11.2. The van der Waals surface area contributed by atoms with Crippen LogP contribution in [0.3, 0.4) is 0 Å². The molecule has 1 amide bonds. The van der Waals surface area contributed by atoms with E-state index in [1.54, 1.807) is 18.2 Å².